The molecule has 0 spiro atoms. The molecule has 5 amide bonds. The first-order valence-corrected chi connectivity index (χ1v) is 19.0. The average Bonchev–Trinajstić information content (AvgIpc) is 3.72. The zero-order valence-electron chi connectivity index (χ0n) is 28.5. The maximum Gasteiger partial charge on any atom is 0.315 e. The predicted octanol–water partition coefficient (Wildman–Crippen LogP) is 2.92. The molecule has 5 atom stereocenters. The summed E-state index contributed by atoms with van der Waals surface area (Å²) in [6.45, 7) is 9.75. The molecule has 1 aromatic heterocycles. The number of nitrogens with zero attached hydrogens (tertiary/aromatic N) is 2. The lowest BCUT2D eigenvalue weighted by molar-refractivity contribution is -0.142. The van der Waals surface area contributed by atoms with Crippen molar-refractivity contribution in [2.75, 3.05) is 20.1 Å². The molecule has 0 unspecified atom stereocenters. The zero-order chi connectivity index (χ0) is 35.6. The number of rotatable bonds is 9. The molecule has 268 valence electrons. The Morgan fingerprint density at radius 1 is 1.10 bits per heavy atom. The number of primary amides is 1. The fraction of sp³-hybridized carbons (Fsp3) is 0.667. The van der Waals surface area contributed by atoms with Crippen LogP contribution in [0.1, 0.15) is 85.0 Å². The van der Waals surface area contributed by atoms with Crippen LogP contribution in [0.2, 0.25) is 0 Å². The first-order valence-electron chi connectivity index (χ1n) is 16.7. The number of nitrogens with two attached hydrogens (primary N) is 1. The number of thiophene rings is 1. The van der Waals surface area contributed by atoms with E-state index in [9.17, 15) is 32.4 Å². The standard InChI is InChI=1S/C33H52N6O7S2/c1-6-22-18-19-39-27(22)30(42)35-23(28(40)29(34)41)15-12-10-8-7-9-11-13-16-24(31(39)43)36-32(44)37-25(33(2,3)4)21-38(5)48(45,46)26-17-14-20-47-26/h6,14,17,20,22-25,27H,1,7-13,15-16,18-19,21H2,2-5H3,(H2,34,41)(H,35,42)(H2,36,37,44)/t22-,23-,24-,25+,27-/m0/s1. The molecule has 0 bridgehead atoms. The monoisotopic (exact) mass is 708 g/mol. The van der Waals surface area contributed by atoms with Gasteiger partial charge in [-0.05, 0) is 36.1 Å². The van der Waals surface area contributed by atoms with Crippen LogP contribution in [-0.2, 0) is 29.2 Å². The Morgan fingerprint density at radius 2 is 1.73 bits per heavy atom. The molecule has 1 aromatic rings. The lowest BCUT2D eigenvalue weighted by atomic mass is 9.86. The number of sulfonamides is 1. The van der Waals surface area contributed by atoms with Gasteiger partial charge in [-0.1, -0.05) is 77.9 Å². The number of urea groups is 1. The third kappa shape index (κ3) is 10.3. The van der Waals surface area contributed by atoms with Crippen LogP contribution < -0.4 is 21.7 Å². The summed E-state index contributed by atoms with van der Waals surface area (Å²) in [5.74, 6) is -3.44. The van der Waals surface area contributed by atoms with E-state index in [4.69, 9.17) is 5.73 Å². The van der Waals surface area contributed by atoms with E-state index in [1.165, 1.54) is 22.3 Å². The Hall–Kier alpha value is -3.30. The highest BCUT2D eigenvalue weighted by molar-refractivity contribution is 7.91. The maximum absolute atomic E-state index is 14.2. The average molecular weight is 709 g/mol. The molecule has 0 radical (unpaired) electrons. The predicted molar refractivity (Wildman–Crippen MR) is 184 cm³/mol. The Balaban J connectivity index is 1.84. The number of carbonyl (C=O) groups excluding carboxylic acids is 5. The van der Waals surface area contributed by atoms with Crippen LogP contribution in [0.15, 0.2) is 34.4 Å². The van der Waals surface area contributed by atoms with Crippen LogP contribution in [0.4, 0.5) is 4.79 Å². The van der Waals surface area contributed by atoms with Gasteiger partial charge in [-0.2, -0.15) is 4.31 Å². The number of Topliss-reactive ketones (excluding diaryl/α,β-unsaturated/α-hetero) is 1. The topological polar surface area (TPSA) is 188 Å². The normalized spacial score (nSPS) is 24.3. The van der Waals surface area contributed by atoms with Crippen molar-refractivity contribution in [1.29, 1.82) is 0 Å². The van der Waals surface area contributed by atoms with Crippen molar-refractivity contribution in [3.8, 4) is 0 Å². The molecule has 2 aliphatic heterocycles. The molecule has 3 rings (SSSR count). The van der Waals surface area contributed by atoms with Crippen molar-refractivity contribution in [2.45, 2.75) is 113 Å². The van der Waals surface area contributed by atoms with Crippen LogP contribution in [0, 0.1) is 11.3 Å². The molecule has 2 saturated heterocycles. The lowest BCUT2D eigenvalue weighted by Crippen LogP contribution is -2.59. The first kappa shape index (κ1) is 39.1. The molecular formula is C33H52N6O7S2. The molecule has 15 heteroatoms. The largest absolute Gasteiger partial charge is 0.363 e. The molecular weight excluding hydrogens is 657 g/mol. The van der Waals surface area contributed by atoms with E-state index >= 15 is 0 Å². The van der Waals surface area contributed by atoms with Crippen LogP contribution in [0.5, 0.6) is 0 Å². The first-order chi connectivity index (χ1) is 22.6. The van der Waals surface area contributed by atoms with E-state index in [1.807, 2.05) is 20.8 Å². The van der Waals surface area contributed by atoms with Gasteiger partial charge in [0.1, 0.15) is 16.3 Å². The number of nitrogens with one attached hydrogen (secondary N) is 3. The third-order valence-corrected chi connectivity index (χ3v) is 12.4. The second-order valence-electron chi connectivity index (χ2n) is 13.8. The fourth-order valence-corrected chi connectivity index (χ4v) is 8.58. The van der Waals surface area contributed by atoms with Gasteiger partial charge in [0.25, 0.3) is 15.9 Å². The van der Waals surface area contributed by atoms with Crippen LogP contribution in [0.25, 0.3) is 0 Å². The molecule has 0 aromatic carbocycles. The summed E-state index contributed by atoms with van der Waals surface area (Å²) in [6, 6.07) is -1.10. The number of hydrogen-bond donors (Lipinski definition) is 4. The second-order valence-corrected chi connectivity index (χ2v) is 17.0. The van der Waals surface area contributed by atoms with E-state index in [0.717, 1.165) is 43.4 Å². The highest BCUT2D eigenvalue weighted by Gasteiger charge is 2.44. The Kier molecular flexibility index (Phi) is 14.2. The van der Waals surface area contributed by atoms with Gasteiger partial charge in [0, 0.05) is 32.1 Å². The van der Waals surface area contributed by atoms with E-state index < -0.39 is 75.1 Å². The SMILES string of the molecule is C=C[C@H]1CCN2C(=O)[C@@H](NC(=O)N[C@H](CN(C)S(=O)(=O)c3cccs3)C(C)(C)C)CCCCCCCCC[C@@H](C(=O)C(N)=O)NC(=O)[C@H]12. The molecule has 0 saturated carbocycles. The minimum atomic E-state index is -3.77. The van der Waals surface area contributed by atoms with Gasteiger partial charge in [-0.25, -0.2) is 13.2 Å². The number of carbonyl (C=O) groups is 5. The third-order valence-electron chi connectivity index (χ3n) is 9.21. The zero-order valence-corrected chi connectivity index (χ0v) is 30.2. The van der Waals surface area contributed by atoms with Crippen molar-refractivity contribution >= 4 is 50.9 Å². The van der Waals surface area contributed by atoms with Crippen LogP contribution in [-0.4, -0.2) is 91.5 Å². The highest BCUT2D eigenvalue weighted by Crippen LogP contribution is 2.28. The summed E-state index contributed by atoms with van der Waals surface area (Å²) in [6.07, 6.45) is 8.40. The van der Waals surface area contributed by atoms with Crippen LogP contribution in [0.3, 0.4) is 0 Å². The van der Waals surface area contributed by atoms with Gasteiger partial charge in [0.2, 0.25) is 17.6 Å². The summed E-state index contributed by atoms with van der Waals surface area (Å²) in [5.41, 5.74) is 4.74. The summed E-state index contributed by atoms with van der Waals surface area (Å²) >= 11 is 1.11. The number of ketones is 1. The number of amides is 5. The Morgan fingerprint density at radius 3 is 2.29 bits per heavy atom. The summed E-state index contributed by atoms with van der Waals surface area (Å²) in [5, 5.41) is 10.1. The molecule has 2 aliphatic rings. The molecule has 3 heterocycles. The van der Waals surface area contributed by atoms with Crippen molar-refractivity contribution < 1.29 is 32.4 Å². The minimum Gasteiger partial charge on any atom is -0.363 e. The molecule has 48 heavy (non-hydrogen) atoms. The second kappa shape index (κ2) is 17.4. The quantitative estimate of drug-likeness (QED) is 0.224. The van der Waals surface area contributed by atoms with Gasteiger partial charge >= 0.3 is 6.03 Å². The molecule has 13 nitrogen and oxygen atoms in total. The summed E-state index contributed by atoms with van der Waals surface area (Å²) in [7, 11) is -2.30. The minimum absolute atomic E-state index is 0.00363. The van der Waals surface area contributed by atoms with Crippen LogP contribution >= 0.6 is 11.3 Å². The number of fused-ring (bicyclic) bond motifs is 1. The van der Waals surface area contributed by atoms with E-state index in [1.54, 1.807) is 17.5 Å². The van der Waals surface area contributed by atoms with Crippen molar-refractivity contribution in [3.63, 3.8) is 0 Å². The Bertz CT molecular complexity index is 1410. The summed E-state index contributed by atoms with van der Waals surface area (Å²) in [4.78, 5) is 67.2. The molecule has 5 N–H and O–H groups in total. The van der Waals surface area contributed by atoms with E-state index in [-0.39, 0.29) is 23.7 Å². The number of hydrogen-bond acceptors (Lipinski definition) is 8. The highest BCUT2D eigenvalue weighted by atomic mass is 32.2. The fourth-order valence-electron chi connectivity index (χ4n) is 6.20. The van der Waals surface area contributed by atoms with Gasteiger partial charge < -0.3 is 26.6 Å². The smallest absolute Gasteiger partial charge is 0.315 e. The van der Waals surface area contributed by atoms with Gasteiger partial charge in [-0.15, -0.1) is 17.9 Å². The summed E-state index contributed by atoms with van der Waals surface area (Å²) < 4.78 is 27.7. The molecule has 2 fully saturated rings. The number of likely N-dealkylation sites (N-methyl/N-ethyl adjacent to an activating group) is 1. The van der Waals surface area contributed by atoms with Crippen molar-refractivity contribution in [1.82, 2.24) is 25.2 Å². The lowest BCUT2D eigenvalue weighted by Gasteiger charge is -2.35. The van der Waals surface area contributed by atoms with Gasteiger partial charge in [0.05, 0.1) is 6.04 Å². The van der Waals surface area contributed by atoms with E-state index in [2.05, 4.69) is 22.5 Å². The van der Waals surface area contributed by atoms with Gasteiger partial charge in [0.15, 0.2) is 0 Å². The van der Waals surface area contributed by atoms with Crippen molar-refractivity contribution in [2.24, 2.45) is 17.1 Å². The van der Waals surface area contributed by atoms with E-state index in [0.29, 0.717) is 25.7 Å². The van der Waals surface area contributed by atoms with Gasteiger partial charge in [-0.3, -0.25) is 19.2 Å². The maximum atomic E-state index is 14.2. The Labute approximate surface area is 288 Å². The van der Waals surface area contributed by atoms with Crippen molar-refractivity contribution in [3.05, 3.63) is 30.2 Å². The molecule has 0 aliphatic carbocycles.